The second kappa shape index (κ2) is 9.07. The van der Waals surface area contributed by atoms with Crippen LogP contribution in [0.2, 0.25) is 0 Å². The number of hydrogen-bond acceptors (Lipinski definition) is 6. The first kappa shape index (κ1) is 21.2. The Hall–Kier alpha value is -3.65. The van der Waals surface area contributed by atoms with Crippen molar-refractivity contribution in [1.29, 1.82) is 0 Å². The molecule has 1 unspecified atom stereocenters. The zero-order valence-corrected chi connectivity index (χ0v) is 19.2. The smallest absolute Gasteiger partial charge is 0.240 e. The first-order chi connectivity index (χ1) is 16.2. The number of carbonyl (C=O) groups is 1. The minimum atomic E-state index is -0.331. The molecule has 1 atom stereocenters. The maximum atomic E-state index is 13.3. The normalized spacial score (nSPS) is 13.6. The fourth-order valence-corrected chi connectivity index (χ4v) is 4.92. The molecule has 0 saturated heterocycles. The molecule has 0 N–H and O–H groups in total. The van der Waals surface area contributed by atoms with Crippen LogP contribution in [0, 0.1) is 0 Å². The van der Waals surface area contributed by atoms with Crippen molar-refractivity contribution >= 4 is 23.4 Å². The highest BCUT2D eigenvalue weighted by molar-refractivity contribution is 8.00. The topological polar surface area (TPSA) is 73.1 Å². The van der Waals surface area contributed by atoms with Crippen LogP contribution in [0.3, 0.4) is 0 Å². The first-order valence-electron chi connectivity index (χ1n) is 10.7. The number of benzene rings is 2. The van der Waals surface area contributed by atoms with E-state index in [0.29, 0.717) is 17.5 Å². The van der Waals surface area contributed by atoms with Gasteiger partial charge in [-0.1, -0.05) is 30.0 Å². The minimum absolute atomic E-state index is 0.0692. The van der Waals surface area contributed by atoms with Crippen LogP contribution in [0.4, 0.5) is 5.69 Å². The Morgan fingerprint density at radius 3 is 2.55 bits per heavy atom. The molecule has 5 rings (SSSR count). The van der Waals surface area contributed by atoms with E-state index >= 15 is 0 Å². The molecule has 1 aliphatic rings. The molecule has 1 amide bonds. The van der Waals surface area contributed by atoms with E-state index in [4.69, 9.17) is 4.74 Å². The van der Waals surface area contributed by atoms with Gasteiger partial charge < -0.3 is 9.64 Å². The number of thioether (sulfide) groups is 1. The molecule has 0 bridgehead atoms. The van der Waals surface area contributed by atoms with Gasteiger partial charge in [-0.2, -0.15) is 0 Å². The molecular weight excluding hydrogens is 434 g/mol. The number of nitrogens with zero attached hydrogens (tertiary/aromatic N) is 5. The Morgan fingerprint density at radius 1 is 1.03 bits per heavy atom. The van der Waals surface area contributed by atoms with E-state index in [0.717, 1.165) is 29.1 Å². The van der Waals surface area contributed by atoms with E-state index in [1.165, 1.54) is 17.3 Å². The summed E-state index contributed by atoms with van der Waals surface area (Å²) in [6, 6.07) is 19.6. The molecule has 33 heavy (non-hydrogen) atoms. The zero-order valence-electron chi connectivity index (χ0n) is 18.4. The highest BCUT2D eigenvalue weighted by Gasteiger charge is 2.30. The summed E-state index contributed by atoms with van der Waals surface area (Å²) >= 11 is 1.41. The van der Waals surface area contributed by atoms with Gasteiger partial charge in [-0.3, -0.25) is 14.3 Å². The second-order valence-electron chi connectivity index (χ2n) is 7.70. The molecule has 7 nitrogen and oxygen atoms in total. The number of amides is 1. The lowest BCUT2D eigenvalue weighted by atomic mass is 10.2. The monoisotopic (exact) mass is 457 g/mol. The number of para-hydroxylation sites is 1. The maximum absolute atomic E-state index is 13.3. The standard InChI is InChI=1S/C25H23N5O2S/c1-17(24(31)29-16-13-18-5-3-4-6-22(18)29)33-25-28-27-23(19-11-14-26-15-12-19)30(25)20-7-9-21(32-2)10-8-20/h3-12,14-15,17H,13,16H2,1-2H3. The van der Waals surface area contributed by atoms with Gasteiger partial charge >= 0.3 is 0 Å². The average molecular weight is 458 g/mol. The molecule has 0 saturated carbocycles. The molecule has 4 aromatic rings. The second-order valence-corrected chi connectivity index (χ2v) is 9.01. The summed E-state index contributed by atoms with van der Waals surface area (Å²) in [5.74, 6) is 1.53. The molecule has 0 fully saturated rings. The lowest BCUT2D eigenvalue weighted by molar-refractivity contribution is -0.117. The lowest BCUT2D eigenvalue weighted by Crippen LogP contribution is -2.35. The number of rotatable bonds is 6. The summed E-state index contributed by atoms with van der Waals surface area (Å²) in [4.78, 5) is 19.3. The predicted molar refractivity (Wildman–Crippen MR) is 129 cm³/mol. The number of hydrogen-bond donors (Lipinski definition) is 0. The van der Waals surface area contributed by atoms with Crippen LogP contribution in [0.1, 0.15) is 12.5 Å². The number of aromatic nitrogens is 4. The van der Waals surface area contributed by atoms with Gasteiger partial charge in [0, 0.05) is 35.9 Å². The van der Waals surface area contributed by atoms with Gasteiger partial charge in [-0.15, -0.1) is 10.2 Å². The molecule has 8 heteroatoms. The summed E-state index contributed by atoms with van der Waals surface area (Å²) < 4.78 is 7.28. The Labute approximate surface area is 196 Å². The predicted octanol–water partition coefficient (Wildman–Crippen LogP) is 4.41. The van der Waals surface area contributed by atoms with Crippen molar-refractivity contribution in [2.24, 2.45) is 0 Å². The van der Waals surface area contributed by atoms with Crippen molar-refractivity contribution in [1.82, 2.24) is 19.7 Å². The minimum Gasteiger partial charge on any atom is -0.497 e. The van der Waals surface area contributed by atoms with Crippen LogP contribution in [0.15, 0.2) is 78.2 Å². The molecule has 0 spiro atoms. The number of carbonyl (C=O) groups excluding carboxylic acids is 1. The number of ether oxygens (including phenoxy) is 1. The third kappa shape index (κ3) is 4.09. The summed E-state index contributed by atoms with van der Waals surface area (Å²) in [5.41, 5.74) is 4.00. The molecule has 166 valence electrons. The van der Waals surface area contributed by atoms with Crippen LogP contribution in [-0.2, 0) is 11.2 Å². The Kier molecular flexibility index (Phi) is 5.83. The van der Waals surface area contributed by atoms with Gasteiger partial charge in [-0.25, -0.2) is 0 Å². The van der Waals surface area contributed by atoms with Crippen molar-refractivity contribution in [3.05, 3.63) is 78.6 Å². The molecule has 3 heterocycles. The third-order valence-corrected chi connectivity index (χ3v) is 6.72. The number of methoxy groups -OCH3 is 1. The van der Waals surface area contributed by atoms with Gasteiger partial charge in [0.15, 0.2) is 11.0 Å². The van der Waals surface area contributed by atoms with E-state index in [1.807, 2.05) is 71.0 Å². The van der Waals surface area contributed by atoms with Gasteiger partial charge in [0.25, 0.3) is 0 Å². The van der Waals surface area contributed by atoms with Gasteiger partial charge in [0.05, 0.1) is 12.4 Å². The fourth-order valence-electron chi connectivity index (χ4n) is 3.99. The molecule has 2 aromatic carbocycles. The van der Waals surface area contributed by atoms with Gasteiger partial charge in [0.1, 0.15) is 5.75 Å². The maximum Gasteiger partial charge on any atom is 0.240 e. The molecule has 2 aromatic heterocycles. The van der Waals surface area contributed by atoms with Gasteiger partial charge in [-0.05, 0) is 61.4 Å². The highest BCUT2D eigenvalue weighted by atomic mass is 32.2. The quantitative estimate of drug-likeness (QED) is 0.400. The number of pyridine rings is 1. The third-order valence-electron chi connectivity index (χ3n) is 5.69. The fraction of sp³-hybridized carbons (Fsp3) is 0.200. The SMILES string of the molecule is COc1ccc(-n2c(SC(C)C(=O)N3CCc4ccccc43)nnc2-c2ccncc2)cc1. The van der Waals surface area contributed by atoms with E-state index in [9.17, 15) is 4.79 Å². The van der Waals surface area contributed by atoms with Crippen molar-refractivity contribution in [3.63, 3.8) is 0 Å². The molecule has 1 aliphatic heterocycles. The zero-order chi connectivity index (χ0) is 22.8. The van der Waals surface area contributed by atoms with E-state index in [2.05, 4.69) is 21.2 Å². The van der Waals surface area contributed by atoms with E-state index < -0.39 is 0 Å². The van der Waals surface area contributed by atoms with Crippen LogP contribution in [0.5, 0.6) is 5.75 Å². The Bertz CT molecular complexity index is 1270. The first-order valence-corrected chi connectivity index (χ1v) is 11.6. The summed E-state index contributed by atoms with van der Waals surface area (Å²) in [5, 5.41) is 9.24. The molecule has 0 radical (unpaired) electrons. The van der Waals surface area contributed by atoms with Crippen LogP contribution in [-0.4, -0.2) is 44.6 Å². The Morgan fingerprint density at radius 2 is 1.79 bits per heavy atom. The van der Waals surface area contributed by atoms with Crippen molar-refractivity contribution in [2.45, 2.75) is 23.8 Å². The molecular formula is C25H23N5O2S. The Balaban J connectivity index is 1.48. The summed E-state index contributed by atoms with van der Waals surface area (Å²) in [6.07, 6.45) is 4.34. The number of anilines is 1. The van der Waals surface area contributed by atoms with Crippen LogP contribution in [0.25, 0.3) is 17.1 Å². The molecule has 0 aliphatic carbocycles. The van der Waals surface area contributed by atoms with Crippen molar-refractivity contribution in [2.75, 3.05) is 18.6 Å². The highest BCUT2D eigenvalue weighted by Crippen LogP contribution is 2.34. The van der Waals surface area contributed by atoms with Gasteiger partial charge in [0.2, 0.25) is 5.91 Å². The van der Waals surface area contributed by atoms with E-state index in [1.54, 1.807) is 19.5 Å². The average Bonchev–Trinajstić information content (AvgIpc) is 3.48. The lowest BCUT2D eigenvalue weighted by Gasteiger charge is -2.21. The summed E-state index contributed by atoms with van der Waals surface area (Å²) in [7, 11) is 1.64. The van der Waals surface area contributed by atoms with E-state index in [-0.39, 0.29) is 11.2 Å². The van der Waals surface area contributed by atoms with Crippen LogP contribution < -0.4 is 9.64 Å². The largest absolute Gasteiger partial charge is 0.497 e. The van der Waals surface area contributed by atoms with Crippen molar-refractivity contribution in [3.8, 4) is 22.8 Å². The number of fused-ring (bicyclic) bond motifs is 1. The van der Waals surface area contributed by atoms with Crippen LogP contribution >= 0.6 is 11.8 Å². The van der Waals surface area contributed by atoms with Crippen molar-refractivity contribution < 1.29 is 9.53 Å². The summed E-state index contributed by atoms with van der Waals surface area (Å²) in [6.45, 7) is 2.63.